The Labute approximate surface area is 95.2 Å². The van der Waals surface area contributed by atoms with Gasteiger partial charge in [-0.3, -0.25) is 0 Å². The fraction of sp³-hybridized carbons (Fsp3) is 1.00. The van der Waals surface area contributed by atoms with Gasteiger partial charge in [0.25, 0.3) is 0 Å². The molecule has 1 aliphatic carbocycles. The minimum absolute atomic E-state index is 0.250. The second kappa shape index (κ2) is 5.86. The van der Waals surface area contributed by atoms with E-state index in [1.54, 1.807) is 0 Å². The van der Waals surface area contributed by atoms with E-state index in [9.17, 15) is 0 Å². The molecule has 0 heterocycles. The number of rotatable bonds is 7. The van der Waals surface area contributed by atoms with Gasteiger partial charge in [-0.2, -0.15) is 0 Å². The highest BCUT2D eigenvalue weighted by molar-refractivity contribution is 4.80. The van der Waals surface area contributed by atoms with Crippen molar-refractivity contribution in [3.63, 3.8) is 0 Å². The average molecular weight is 212 g/mol. The molecule has 1 fully saturated rings. The second-order valence-electron chi connectivity index (χ2n) is 5.92. The van der Waals surface area contributed by atoms with Crippen LogP contribution >= 0.6 is 0 Å². The zero-order valence-corrected chi connectivity index (χ0v) is 10.9. The van der Waals surface area contributed by atoms with Crippen LogP contribution in [-0.4, -0.2) is 24.7 Å². The van der Waals surface area contributed by atoms with Crippen LogP contribution in [0, 0.1) is 5.92 Å². The van der Waals surface area contributed by atoms with Gasteiger partial charge in [-0.15, -0.1) is 0 Å². The first-order chi connectivity index (χ1) is 7.01. The van der Waals surface area contributed by atoms with Crippen molar-refractivity contribution < 1.29 is 0 Å². The highest BCUT2D eigenvalue weighted by atomic mass is 15.0. The van der Waals surface area contributed by atoms with Gasteiger partial charge in [0.15, 0.2) is 0 Å². The molecule has 1 saturated carbocycles. The van der Waals surface area contributed by atoms with Gasteiger partial charge in [0.2, 0.25) is 0 Å². The summed E-state index contributed by atoms with van der Waals surface area (Å²) >= 11 is 0. The minimum Gasteiger partial charge on any atom is -0.313 e. The molecule has 0 aliphatic heterocycles. The molecule has 0 radical (unpaired) electrons. The predicted octanol–water partition coefficient (Wildman–Crippen LogP) is 2.54. The third-order valence-corrected chi connectivity index (χ3v) is 3.02. The first-order valence-corrected chi connectivity index (χ1v) is 6.49. The standard InChI is InChI=1S/C13H28N2/c1-5-12(10-11-6-7-11)14-8-9-15-13(2,3)4/h11-12,14-15H,5-10H2,1-4H3. The summed E-state index contributed by atoms with van der Waals surface area (Å²) in [5.74, 6) is 1.04. The highest BCUT2D eigenvalue weighted by Crippen LogP contribution is 2.33. The molecule has 2 nitrogen and oxygen atoms in total. The quantitative estimate of drug-likeness (QED) is 0.634. The zero-order valence-electron chi connectivity index (χ0n) is 10.9. The first-order valence-electron chi connectivity index (χ1n) is 6.49. The SMILES string of the molecule is CCC(CC1CC1)NCCNC(C)(C)C. The zero-order chi connectivity index (χ0) is 11.3. The van der Waals surface area contributed by atoms with Gasteiger partial charge in [-0.25, -0.2) is 0 Å². The lowest BCUT2D eigenvalue weighted by atomic mass is 10.1. The van der Waals surface area contributed by atoms with Crippen LogP contribution in [0.15, 0.2) is 0 Å². The van der Waals surface area contributed by atoms with Gasteiger partial charge in [0, 0.05) is 24.7 Å². The third kappa shape index (κ3) is 6.91. The van der Waals surface area contributed by atoms with Crippen LogP contribution < -0.4 is 10.6 Å². The fourth-order valence-electron chi connectivity index (χ4n) is 1.86. The van der Waals surface area contributed by atoms with Crippen LogP contribution in [0.5, 0.6) is 0 Å². The number of hydrogen-bond donors (Lipinski definition) is 2. The van der Waals surface area contributed by atoms with Gasteiger partial charge < -0.3 is 10.6 Å². The van der Waals surface area contributed by atoms with Gasteiger partial charge >= 0.3 is 0 Å². The van der Waals surface area contributed by atoms with Crippen LogP contribution in [0.3, 0.4) is 0 Å². The lowest BCUT2D eigenvalue weighted by molar-refractivity contribution is 0.394. The molecule has 90 valence electrons. The van der Waals surface area contributed by atoms with Gasteiger partial charge in [0.1, 0.15) is 0 Å². The Morgan fingerprint density at radius 1 is 1.20 bits per heavy atom. The van der Waals surface area contributed by atoms with Crippen molar-refractivity contribution in [1.82, 2.24) is 10.6 Å². The molecule has 1 aliphatic rings. The Kier molecular flexibility index (Phi) is 5.07. The van der Waals surface area contributed by atoms with E-state index >= 15 is 0 Å². The topological polar surface area (TPSA) is 24.1 Å². The van der Waals surface area contributed by atoms with E-state index in [2.05, 4.69) is 38.3 Å². The molecule has 2 N–H and O–H groups in total. The lowest BCUT2D eigenvalue weighted by Crippen LogP contribution is -2.42. The summed E-state index contributed by atoms with van der Waals surface area (Å²) in [6, 6.07) is 0.749. The molecule has 0 aromatic heterocycles. The van der Waals surface area contributed by atoms with Gasteiger partial charge in [-0.1, -0.05) is 19.8 Å². The van der Waals surface area contributed by atoms with Crippen molar-refractivity contribution >= 4 is 0 Å². The van der Waals surface area contributed by atoms with E-state index in [-0.39, 0.29) is 5.54 Å². The van der Waals surface area contributed by atoms with E-state index in [0.717, 1.165) is 25.0 Å². The summed E-state index contributed by atoms with van der Waals surface area (Å²) < 4.78 is 0. The van der Waals surface area contributed by atoms with Crippen LogP contribution in [-0.2, 0) is 0 Å². The second-order valence-corrected chi connectivity index (χ2v) is 5.92. The maximum absolute atomic E-state index is 3.65. The molecule has 0 aromatic carbocycles. The summed E-state index contributed by atoms with van der Waals surface area (Å²) in [5, 5.41) is 7.16. The van der Waals surface area contributed by atoms with Crippen molar-refractivity contribution in [1.29, 1.82) is 0 Å². The molecule has 1 unspecified atom stereocenters. The molecule has 15 heavy (non-hydrogen) atoms. The predicted molar refractivity (Wildman–Crippen MR) is 67.2 cm³/mol. The molecule has 1 rings (SSSR count). The Balaban J connectivity index is 2.01. The van der Waals surface area contributed by atoms with E-state index < -0.39 is 0 Å². The molecule has 0 saturated heterocycles. The van der Waals surface area contributed by atoms with Crippen molar-refractivity contribution in [2.45, 2.75) is 65.0 Å². The van der Waals surface area contributed by atoms with Crippen LogP contribution in [0.25, 0.3) is 0 Å². The summed E-state index contributed by atoms with van der Waals surface area (Å²) in [7, 11) is 0. The Hall–Kier alpha value is -0.0800. The molecule has 0 aromatic rings. The monoisotopic (exact) mass is 212 g/mol. The van der Waals surface area contributed by atoms with E-state index in [1.165, 1.54) is 25.7 Å². The molecule has 0 spiro atoms. The van der Waals surface area contributed by atoms with Crippen LogP contribution in [0.4, 0.5) is 0 Å². The minimum atomic E-state index is 0.250. The fourth-order valence-corrected chi connectivity index (χ4v) is 1.86. The summed E-state index contributed by atoms with van der Waals surface area (Å²) in [6.45, 7) is 11.1. The number of nitrogens with one attached hydrogen (secondary N) is 2. The highest BCUT2D eigenvalue weighted by Gasteiger charge is 2.24. The Morgan fingerprint density at radius 3 is 2.33 bits per heavy atom. The largest absolute Gasteiger partial charge is 0.313 e. The molecular weight excluding hydrogens is 184 g/mol. The third-order valence-electron chi connectivity index (χ3n) is 3.02. The molecule has 1 atom stereocenters. The van der Waals surface area contributed by atoms with Crippen LogP contribution in [0.2, 0.25) is 0 Å². The first kappa shape index (κ1) is 13.0. The maximum atomic E-state index is 3.65. The Morgan fingerprint density at radius 2 is 1.87 bits per heavy atom. The van der Waals surface area contributed by atoms with Gasteiger partial charge in [0.05, 0.1) is 0 Å². The normalized spacial score (nSPS) is 19.2. The smallest absolute Gasteiger partial charge is 0.00970 e. The van der Waals surface area contributed by atoms with Crippen molar-refractivity contribution in [2.75, 3.05) is 13.1 Å². The molecule has 2 heteroatoms. The van der Waals surface area contributed by atoms with E-state index in [0.29, 0.717) is 0 Å². The summed E-state index contributed by atoms with van der Waals surface area (Å²) in [4.78, 5) is 0. The molecular formula is C13H28N2. The Bertz CT molecular complexity index is 168. The van der Waals surface area contributed by atoms with Gasteiger partial charge in [-0.05, 0) is 39.5 Å². The molecule has 0 bridgehead atoms. The van der Waals surface area contributed by atoms with Crippen molar-refractivity contribution in [3.05, 3.63) is 0 Å². The average Bonchev–Trinajstić information content (AvgIpc) is 2.92. The summed E-state index contributed by atoms with van der Waals surface area (Å²) in [5.41, 5.74) is 0.250. The summed E-state index contributed by atoms with van der Waals surface area (Å²) in [6.07, 6.45) is 5.61. The number of hydrogen-bond acceptors (Lipinski definition) is 2. The van der Waals surface area contributed by atoms with Crippen molar-refractivity contribution in [3.8, 4) is 0 Å². The van der Waals surface area contributed by atoms with Crippen LogP contribution in [0.1, 0.15) is 53.4 Å². The molecule has 0 amide bonds. The maximum Gasteiger partial charge on any atom is 0.00970 e. The lowest BCUT2D eigenvalue weighted by Gasteiger charge is -2.22. The van der Waals surface area contributed by atoms with E-state index in [4.69, 9.17) is 0 Å². The van der Waals surface area contributed by atoms with Crippen molar-refractivity contribution in [2.24, 2.45) is 5.92 Å². The van der Waals surface area contributed by atoms with E-state index in [1.807, 2.05) is 0 Å².